The third-order valence-electron chi connectivity index (χ3n) is 6.00. The van der Waals surface area contributed by atoms with Crippen LogP contribution in [0, 0.1) is 11.8 Å². The molecule has 2 aromatic carbocycles. The predicted octanol–water partition coefficient (Wildman–Crippen LogP) is 4.38. The van der Waals surface area contributed by atoms with Crippen molar-refractivity contribution in [1.29, 1.82) is 0 Å². The van der Waals surface area contributed by atoms with Crippen LogP contribution in [0.5, 0.6) is 11.5 Å². The van der Waals surface area contributed by atoms with E-state index in [4.69, 9.17) is 15.5 Å². The predicted molar refractivity (Wildman–Crippen MR) is 130 cm³/mol. The zero-order valence-electron chi connectivity index (χ0n) is 18.9. The van der Waals surface area contributed by atoms with E-state index < -0.39 is 0 Å². The van der Waals surface area contributed by atoms with E-state index in [0.29, 0.717) is 18.8 Å². The zero-order chi connectivity index (χ0) is 23.5. The second-order valence-corrected chi connectivity index (χ2v) is 8.22. The lowest BCUT2D eigenvalue weighted by Crippen LogP contribution is -2.30. The van der Waals surface area contributed by atoms with Gasteiger partial charge in [0.05, 0.1) is 11.7 Å². The number of para-hydroxylation sites is 1. The summed E-state index contributed by atoms with van der Waals surface area (Å²) in [7, 11) is 0. The molecule has 0 aliphatic carbocycles. The fourth-order valence-electron chi connectivity index (χ4n) is 4.47. The van der Waals surface area contributed by atoms with Gasteiger partial charge in [0.1, 0.15) is 28.7 Å². The van der Waals surface area contributed by atoms with Gasteiger partial charge in [-0.2, -0.15) is 0 Å². The van der Waals surface area contributed by atoms with E-state index >= 15 is 0 Å². The van der Waals surface area contributed by atoms with Gasteiger partial charge in [0.25, 0.3) is 5.91 Å². The molecule has 2 aromatic heterocycles. The number of rotatable bonds is 5. The van der Waals surface area contributed by atoms with Crippen LogP contribution in [0.3, 0.4) is 0 Å². The quantitative estimate of drug-likeness (QED) is 0.455. The minimum Gasteiger partial charge on any atom is -0.457 e. The van der Waals surface area contributed by atoms with Gasteiger partial charge in [0.15, 0.2) is 0 Å². The number of nitrogen functional groups attached to an aromatic ring is 1. The van der Waals surface area contributed by atoms with Crippen molar-refractivity contribution in [2.45, 2.75) is 32.2 Å². The summed E-state index contributed by atoms with van der Waals surface area (Å²) in [5.74, 6) is 7.99. The number of imidazole rings is 1. The number of benzene rings is 2. The molecule has 1 saturated heterocycles. The maximum absolute atomic E-state index is 12.6. The Bertz CT molecular complexity index is 1380. The van der Waals surface area contributed by atoms with Crippen molar-refractivity contribution in [1.82, 2.24) is 19.3 Å². The first-order chi connectivity index (χ1) is 16.6. The summed E-state index contributed by atoms with van der Waals surface area (Å²) in [4.78, 5) is 23.6. The van der Waals surface area contributed by atoms with E-state index in [2.05, 4.69) is 16.8 Å². The summed E-state index contributed by atoms with van der Waals surface area (Å²) in [6.07, 6.45) is 5.86. The number of fused-ring (bicyclic) bond motifs is 1. The average Bonchev–Trinajstić information content (AvgIpc) is 3.47. The van der Waals surface area contributed by atoms with Gasteiger partial charge in [0.2, 0.25) is 0 Å². The van der Waals surface area contributed by atoms with Crippen molar-refractivity contribution in [3.63, 3.8) is 0 Å². The summed E-state index contributed by atoms with van der Waals surface area (Å²) >= 11 is 0. The molecule has 7 heteroatoms. The number of nitrogens with two attached hydrogens (primary N) is 1. The number of hydrogen-bond donors (Lipinski definition) is 1. The van der Waals surface area contributed by atoms with Crippen molar-refractivity contribution in [2.24, 2.45) is 0 Å². The number of nitrogens with zero attached hydrogens (tertiary/aromatic N) is 4. The number of carbonyl (C=O) groups excluding carboxylic acids is 1. The summed E-state index contributed by atoms with van der Waals surface area (Å²) in [5, 5.41) is 0. The van der Waals surface area contributed by atoms with Crippen molar-refractivity contribution >= 4 is 17.2 Å². The third-order valence-corrected chi connectivity index (χ3v) is 6.00. The smallest absolute Gasteiger partial charge is 0.299 e. The van der Waals surface area contributed by atoms with Crippen LogP contribution in [0.1, 0.15) is 42.9 Å². The fraction of sp³-hybridized carbons (Fsp3) is 0.222. The first kappa shape index (κ1) is 21.5. The number of hydrogen-bond acceptors (Lipinski definition) is 5. The maximum Gasteiger partial charge on any atom is 0.299 e. The molecule has 0 bridgehead atoms. The lowest BCUT2D eigenvalue weighted by Gasteiger charge is -2.21. The Morgan fingerprint density at radius 2 is 1.91 bits per heavy atom. The molecule has 0 spiro atoms. The number of likely N-dealkylation sites (tertiary alicyclic amines) is 1. The van der Waals surface area contributed by atoms with Gasteiger partial charge >= 0.3 is 0 Å². The van der Waals surface area contributed by atoms with Gasteiger partial charge in [0, 0.05) is 25.4 Å². The molecule has 3 heterocycles. The molecule has 170 valence electrons. The average molecular weight is 452 g/mol. The minimum atomic E-state index is -0.167. The molecule has 7 nitrogen and oxygen atoms in total. The van der Waals surface area contributed by atoms with Crippen LogP contribution >= 0.6 is 0 Å². The van der Waals surface area contributed by atoms with E-state index in [1.165, 1.54) is 0 Å². The van der Waals surface area contributed by atoms with Crippen LogP contribution in [0.4, 0.5) is 5.82 Å². The van der Waals surface area contributed by atoms with Crippen LogP contribution in [-0.4, -0.2) is 31.7 Å². The molecule has 1 amide bonds. The molecule has 34 heavy (non-hydrogen) atoms. The molecule has 4 aromatic rings. The molecular weight excluding hydrogens is 426 g/mol. The van der Waals surface area contributed by atoms with Gasteiger partial charge in [-0.1, -0.05) is 36.3 Å². The van der Waals surface area contributed by atoms with E-state index in [9.17, 15) is 4.79 Å². The number of carbonyl (C=O) groups is 1. The molecule has 5 rings (SSSR count). The summed E-state index contributed by atoms with van der Waals surface area (Å²) in [6.45, 7) is 2.35. The molecule has 0 saturated carbocycles. The SMILES string of the molecule is CC#CC(=O)N1CCC[C@H]1c1nc(Cc2ccc(Oc3ccccc3)cc2)c2c(N)nccn12. The van der Waals surface area contributed by atoms with Crippen molar-refractivity contribution in [2.75, 3.05) is 12.3 Å². The highest BCUT2D eigenvalue weighted by Gasteiger charge is 2.33. The molecule has 1 aliphatic rings. The Morgan fingerprint density at radius 1 is 1.15 bits per heavy atom. The maximum atomic E-state index is 12.6. The molecule has 1 aliphatic heterocycles. The standard InChI is InChI=1S/C27H25N5O2/c1-2-7-24(33)31-16-6-10-23(31)27-30-22(25-26(28)29-15-17-32(25)27)18-19-11-13-21(14-12-19)34-20-8-4-3-5-9-20/h3-5,8-9,11-15,17,23H,6,10,16,18H2,1H3,(H2,28,29)/t23-/m0/s1. The molecular formula is C27H25N5O2. The second kappa shape index (κ2) is 9.28. The lowest BCUT2D eigenvalue weighted by molar-refractivity contribution is -0.126. The highest BCUT2D eigenvalue weighted by molar-refractivity contribution is 5.93. The monoisotopic (exact) mass is 451 g/mol. The van der Waals surface area contributed by atoms with E-state index in [1.54, 1.807) is 18.0 Å². The zero-order valence-corrected chi connectivity index (χ0v) is 18.9. The van der Waals surface area contributed by atoms with E-state index in [1.807, 2.05) is 65.2 Å². The van der Waals surface area contributed by atoms with Gasteiger partial charge < -0.3 is 15.4 Å². The first-order valence-corrected chi connectivity index (χ1v) is 11.3. The van der Waals surface area contributed by atoms with Crippen LogP contribution in [-0.2, 0) is 11.2 Å². The minimum absolute atomic E-state index is 0.141. The molecule has 2 N–H and O–H groups in total. The second-order valence-electron chi connectivity index (χ2n) is 8.22. The van der Waals surface area contributed by atoms with E-state index in [-0.39, 0.29) is 11.9 Å². The Labute approximate surface area is 198 Å². The van der Waals surface area contributed by atoms with Gasteiger partial charge in [-0.05, 0) is 55.5 Å². The Hall–Kier alpha value is -4.31. The molecule has 1 fully saturated rings. The van der Waals surface area contributed by atoms with Crippen LogP contribution in [0.25, 0.3) is 5.52 Å². The highest BCUT2D eigenvalue weighted by atomic mass is 16.5. The first-order valence-electron chi connectivity index (χ1n) is 11.3. The van der Waals surface area contributed by atoms with Gasteiger partial charge in [-0.15, -0.1) is 0 Å². The van der Waals surface area contributed by atoms with Gasteiger partial charge in [-0.25, -0.2) is 9.97 Å². The number of ether oxygens (including phenoxy) is 1. The Balaban J connectivity index is 1.45. The van der Waals surface area contributed by atoms with Crippen LogP contribution < -0.4 is 10.5 Å². The largest absolute Gasteiger partial charge is 0.457 e. The van der Waals surface area contributed by atoms with Crippen LogP contribution in [0.15, 0.2) is 67.0 Å². The van der Waals surface area contributed by atoms with Gasteiger partial charge in [-0.3, -0.25) is 9.20 Å². The third kappa shape index (κ3) is 4.18. The summed E-state index contributed by atoms with van der Waals surface area (Å²) in [6, 6.07) is 17.5. The number of amides is 1. The Kier molecular flexibility index (Phi) is 5.88. The lowest BCUT2D eigenvalue weighted by atomic mass is 10.1. The summed E-state index contributed by atoms with van der Waals surface area (Å²) in [5.41, 5.74) is 8.97. The fourth-order valence-corrected chi connectivity index (χ4v) is 4.47. The molecule has 1 atom stereocenters. The van der Waals surface area contributed by atoms with Crippen molar-refractivity contribution < 1.29 is 9.53 Å². The normalized spacial score (nSPS) is 15.2. The molecule has 0 radical (unpaired) electrons. The van der Waals surface area contributed by atoms with E-state index in [0.717, 1.165) is 46.9 Å². The number of anilines is 1. The number of aromatic nitrogens is 3. The topological polar surface area (TPSA) is 85.8 Å². The Morgan fingerprint density at radius 3 is 2.68 bits per heavy atom. The van der Waals surface area contributed by atoms with Crippen molar-refractivity contribution in [3.8, 4) is 23.3 Å². The highest BCUT2D eigenvalue weighted by Crippen LogP contribution is 2.34. The molecule has 0 unspecified atom stereocenters. The summed E-state index contributed by atoms with van der Waals surface area (Å²) < 4.78 is 7.87. The van der Waals surface area contributed by atoms with Crippen molar-refractivity contribution in [3.05, 3.63) is 84.1 Å². The van der Waals surface area contributed by atoms with Crippen LogP contribution in [0.2, 0.25) is 0 Å².